The fourth-order valence-electron chi connectivity index (χ4n) is 2.18. The molecule has 1 aliphatic rings. The van der Waals surface area contributed by atoms with E-state index >= 15 is 0 Å². The minimum absolute atomic E-state index is 0.435. The van der Waals surface area contributed by atoms with Crippen LogP contribution in [0.1, 0.15) is 45.4 Å². The second-order valence-electron chi connectivity index (χ2n) is 5.13. The summed E-state index contributed by atoms with van der Waals surface area (Å²) < 4.78 is 7.64. The Balaban J connectivity index is 1.72. The summed E-state index contributed by atoms with van der Waals surface area (Å²) in [5.41, 5.74) is 0. The van der Waals surface area contributed by atoms with Gasteiger partial charge >= 0.3 is 0 Å². The summed E-state index contributed by atoms with van der Waals surface area (Å²) in [5.74, 6) is 0.874. The highest BCUT2D eigenvalue weighted by atomic mass is 16.5. The van der Waals surface area contributed by atoms with Crippen molar-refractivity contribution in [1.82, 2.24) is 25.5 Å². The molecular formula is C12H23N5O. The monoisotopic (exact) mass is 253 g/mol. The molecule has 1 heterocycles. The molecule has 102 valence electrons. The van der Waals surface area contributed by atoms with Crippen molar-refractivity contribution in [2.75, 3.05) is 6.61 Å². The van der Waals surface area contributed by atoms with Gasteiger partial charge in [-0.05, 0) is 23.3 Å². The van der Waals surface area contributed by atoms with E-state index in [2.05, 4.69) is 34.7 Å². The molecule has 1 N–H and O–H groups in total. The molecule has 1 aliphatic carbocycles. The third-order valence-corrected chi connectivity index (χ3v) is 3.23. The predicted molar refractivity (Wildman–Crippen MR) is 68.0 cm³/mol. The van der Waals surface area contributed by atoms with Crippen molar-refractivity contribution in [3.63, 3.8) is 0 Å². The van der Waals surface area contributed by atoms with Crippen LogP contribution in [0.25, 0.3) is 0 Å². The van der Waals surface area contributed by atoms with Gasteiger partial charge in [-0.15, -0.1) is 5.10 Å². The Kier molecular flexibility index (Phi) is 5.07. The minimum Gasteiger partial charge on any atom is -0.376 e. The third kappa shape index (κ3) is 4.03. The largest absolute Gasteiger partial charge is 0.376 e. The highest BCUT2D eigenvalue weighted by Crippen LogP contribution is 2.20. The molecule has 0 unspecified atom stereocenters. The van der Waals surface area contributed by atoms with Gasteiger partial charge in [0.1, 0.15) is 0 Å². The van der Waals surface area contributed by atoms with Gasteiger partial charge in [0.25, 0.3) is 0 Å². The number of nitrogens with zero attached hydrogens (tertiary/aromatic N) is 4. The Morgan fingerprint density at radius 2 is 2.17 bits per heavy atom. The molecule has 0 saturated heterocycles. The molecule has 1 aromatic heterocycles. The summed E-state index contributed by atoms with van der Waals surface area (Å²) in [6.07, 6.45) is 5.48. The van der Waals surface area contributed by atoms with E-state index in [1.807, 2.05) is 4.68 Å². The molecule has 0 atom stereocenters. The van der Waals surface area contributed by atoms with E-state index < -0.39 is 0 Å². The predicted octanol–water partition coefficient (Wildman–Crippen LogP) is 1.13. The van der Waals surface area contributed by atoms with Crippen LogP contribution in [-0.2, 0) is 17.8 Å². The van der Waals surface area contributed by atoms with E-state index in [-0.39, 0.29) is 0 Å². The number of nitrogens with one attached hydrogen (secondary N) is 1. The Bertz CT molecular complexity index is 346. The first kappa shape index (κ1) is 13.4. The fourth-order valence-corrected chi connectivity index (χ4v) is 2.18. The van der Waals surface area contributed by atoms with E-state index in [9.17, 15) is 0 Å². The first-order chi connectivity index (χ1) is 8.75. The molecule has 6 heteroatoms. The van der Waals surface area contributed by atoms with E-state index in [4.69, 9.17) is 4.74 Å². The van der Waals surface area contributed by atoms with Crippen molar-refractivity contribution in [3.05, 3.63) is 5.82 Å². The Labute approximate surface area is 108 Å². The number of ether oxygens (including phenoxy) is 1. The smallest absolute Gasteiger partial charge is 0.165 e. The molecule has 0 amide bonds. The van der Waals surface area contributed by atoms with Crippen molar-refractivity contribution in [2.45, 2.75) is 64.8 Å². The van der Waals surface area contributed by atoms with Crippen LogP contribution in [0.5, 0.6) is 0 Å². The van der Waals surface area contributed by atoms with Gasteiger partial charge in [0.15, 0.2) is 5.82 Å². The molecule has 0 aliphatic heterocycles. The van der Waals surface area contributed by atoms with Gasteiger partial charge < -0.3 is 10.1 Å². The quantitative estimate of drug-likeness (QED) is 0.789. The molecule has 1 saturated carbocycles. The van der Waals surface area contributed by atoms with Crippen LogP contribution in [0.2, 0.25) is 0 Å². The highest BCUT2D eigenvalue weighted by Gasteiger charge is 2.15. The van der Waals surface area contributed by atoms with Crippen molar-refractivity contribution in [3.8, 4) is 0 Å². The first-order valence-electron chi connectivity index (χ1n) is 6.85. The zero-order chi connectivity index (χ0) is 12.8. The van der Waals surface area contributed by atoms with Crippen LogP contribution in [0.15, 0.2) is 0 Å². The van der Waals surface area contributed by atoms with Gasteiger partial charge in [0.05, 0.1) is 25.8 Å². The van der Waals surface area contributed by atoms with Crippen LogP contribution >= 0.6 is 0 Å². The standard InChI is InChI=1S/C12H23N5O/c1-10(2)13-9-12-14-15-16-17(12)7-8-18-11-5-3-4-6-11/h10-11,13H,3-9H2,1-2H3. The van der Waals surface area contributed by atoms with Crippen LogP contribution in [0.3, 0.4) is 0 Å². The highest BCUT2D eigenvalue weighted by molar-refractivity contribution is 4.80. The average molecular weight is 253 g/mol. The molecule has 1 aromatic rings. The van der Waals surface area contributed by atoms with E-state index in [0.29, 0.717) is 25.3 Å². The molecule has 0 bridgehead atoms. The lowest BCUT2D eigenvalue weighted by Crippen LogP contribution is -2.25. The van der Waals surface area contributed by atoms with Crippen molar-refractivity contribution < 1.29 is 4.74 Å². The van der Waals surface area contributed by atoms with Crippen molar-refractivity contribution in [2.24, 2.45) is 0 Å². The Morgan fingerprint density at radius 3 is 2.89 bits per heavy atom. The summed E-state index contributed by atoms with van der Waals surface area (Å²) in [4.78, 5) is 0. The van der Waals surface area contributed by atoms with Gasteiger partial charge in [-0.2, -0.15) is 0 Å². The van der Waals surface area contributed by atoms with Gasteiger partial charge in [-0.25, -0.2) is 4.68 Å². The Hall–Kier alpha value is -1.01. The summed E-state index contributed by atoms with van der Waals surface area (Å²) in [6, 6.07) is 0.435. The molecule has 18 heavy (non-hydrogen) atoms. The number of aromatic nitrogens is 4. The molecule has 1 fully saturated rings. The van der Waals surface area contributed by atoms with Crippen LogP contribution in [0.4, 0.5) is 0 Å². The maximum Gasteiger partial charge on any atom is 0.165 e. The van der Waals surface area contributed by atoms with Gasteiger partial charge in [-0.3, -0.25) is 0 Å². The first-order valence-corrected chi connectivity index (χ1v) is 6.85. The zero-order valence-corrected chi connectivity index (χ0v) is 11.3. The van der Waals surface area contributed by atoms with Crippen LogP contribution < -0.4 is 5.32 Å². The summed E-state index contributed by atoms with van der Waals surface area (Å²) in [5, 5.41) is 15.0. The second kappa shape index (κ2) is 6.80. The number of rotatable bonds is 7. The lowest BCUT2D eigenvalue weighted by atomic mass is 10.3. The summed E-state index contributed by atoms with van der Waals surface area (Å²) in [7, 11) is 0. The Morgan fingerprint density at radius 1 is 1.39 bits per heavy atom. The topological polar surface area (TPSA) is 64.9 Å². The van der Waals surface area contributed by atoms with Gasteiger partial charge in [-0.1, -0.05) is 26.7 Å². The number of hydrogen-bond donors (Lipinski definition) is 1. The summed E-state index contributed by atoms with van der Waals surface area (Å²) in [6.45, 7) is 6.35. The minimum atomic E-state index is 0.435. The maximum atomic E-state index is 5.82. The second-order valence-corrected chi connectivity index (χ2v) is 5.13. The summed E-state index contributed by atoms with van der Waals surface area (Å²) >= 11 is 0. The van der Waals surface area contributed by atoms with Crippen molar-refractivity contribution >= 4 is 0 Å². The molecule has 0 radical (unpaired) electrons. The lowest BCUT2D eigenvalue weighted by Gasteiger charge is -2.12. The molecular weight excluding hydrogens is 230 g/mol. The van der Waals surface area contributed by atoms with Crippen LogP contribution in [-0.4, -0.2) is 39.0 Å². The lowest BCUT2D eigenvalue weighted by molar-refractivity contribution is 0.0507. The van der Waals surface area contributed by atoms with E-state index in [1.165, 1.54) is 25.7 Å². The average Bonchev–Trinajstić information content (AvgIpc) is 2.97. The van der Waals surface area contributed by atoms with Crippen LogP contribution in [0, 0.1) is 0 Å². The maximum absolute atomic E-state index is 5.82. The SMILES string of the molecule is CC(C)NCc1nnnn1CCOC1CCCC1. The van der Waals surface area contributed by atoms with Gasteiger partial charge in [0, 0.05) is 6.04 Å². The van der Waals surface area contributed by atoms with E-state index in [1.54, 1.807) is 0 Å². The molecule has 0 spiro atoms. The third-order valence-electron chi connectivity index (χ3n) is 3.23. The van der Waals surface area contributed by atoms with Gasteiger partial charge in [0.2, 0.25) is 0 Å². The number of tetrazole rings is 1. The normalized spacial score (nSPS) is 16.8. The molecule has 6 nitrogen and oxygen atoms in total. The molecule has 2 rings (SSSR count). The number of hydrogen-bond acceptors (Lipinski definition) is 5. The fraction of sp³-hybridized carbons (Fsp3) is 0.917. The molecule has 0 aromatic carbocycles. The van der Waals surface area contributed by atoms with E-state index in [0.717, 1.165) is 12.4 Å². The van der Waals surface area contributed by atoms with Crippen molar-refractivity contribution in [1.29, 1.82) is 0 Å². The zero-order valence-electron chi connectivity index (χ0n) is 11.3.